The van der Waals surface area contributed by atoms with Crippen LogP contribution in [0.4, 0.5) is 8.78 Å². The fourth-order valence-corrected chi connectivity index (χ4v) is 2.72. The van der Waals surface area contributed by atoms with Gasteiger partial charge in [-0.05, 0) is 37.0 Å². The van der Waals surface area contributed by atoms with E-state index in [9.17, 15) is 13.9 Å². The van der Waals surface area contributed by atoms with Gasteiger partial charge in [-0.25, -0.2) is 8.78 Å². The predicted octanol–water partition coefficient (Wildman–Crippen LogP) is 2.91. The quantitative estimate of drug-likeness (QED) is 0.872. The topological polar surface area (TPSA) is 46.2 Å². The Morgan fingerprint density at radius 3 is 2.50 bits per heavy atom. The number of rotatable bonds is 3. The van der Waals surface area contributed by atoms with Gasteiger partial charge in [0.25, 0.3) is 0 Å². The lowest BCUT2D eigenvalue weighted by atomic mass is 9.81. The molecule has 0 spiro atoms. The first kappa shape index (κ1) is 13.4. The van der Waals surface area contributed by atoms with Gasteiger partial charge in [-0.2, -0.15) is 0 Å². The molecule has 0 saturated heterocycles. The highest BCUT2D eigenvalue weighted by molar-refractivity contribution is 5.23. The molecule has 2 atom stereocenters. The van der Waals surface area contributed by atoms with Crippen LogP contribution in [-0.4, -0.2) is 11.2 Å². The minimum atomic E-state index is -0.858. The maximum absolute atomic E-state index is 13.6. The van der Waals surface area contributed by atoms with E-state index in [1.807, 2.05) is 0 Å². The molecular weight excluding hydrogens is 236 g/mol. The van der Waals surface area contributed by atoms with Gasteiger partial charge < -0.3 is 10.8 Å². The highest BCUT2D eigenvalue weighted by Crippen LogP contribution is 2.32. The molecule has 4 heteroatoms. The molecule has 0 bridgehead atoms. The van der Waals surface area contributed by atoms with E-state index in [-0.39, 0.29) is 11.5 Å². The molecule has 1 saturated carbocycles. The maximum Gasteiger partial charge on any atom is 0.128 e. The summed E-state index contributed by atoms with van der Waals surface area (Å²) in [5.41, 5.74) is 5.95. The SMILES string of the molecule is N[C@H](c1cc(F)ccc1F)[C@@H](O)C1CCCCC1. The van der Waals surface area contributed by atoms with Crippen LogP contribution in [0.2, 0.25) is 0 Å². The second kappa shape index (κ2) is 5.76. The third kappa shape index (κ3) is 2.87. The minimum absolute atomic E-state index is 0.0630. The fourth-order valence-electron chi connectivity index (χ4n) is 2.72. The molecule has 1 aliphatic carbocycles. The van der Waals surface area contributed by atoms with Crippen molar-refractivity contribution in [2.75, 3.05) is 0 Å². The Bertz CT molecular complexity index is 405. The van der Waals surface area contributed by atoms with E-state index in [2.05, 4.69) is 0 Å². The van der Waals surface area contributed by atoms with Gasteiger partial charge in [0.2, 0.25) is 0 Å². The van der Waals surface area contributed by atoms with Crippen molar-refractivity contribution >= 4 is 0 Å². The van der Waals surface area contributed by atoms with Crippen molar-refractivity contribution in [3.8, 4) is 0 Å². The first-order chi connectivity index (χ1) is 8.59. The van der Waals surface area contributed by atoms with E-state index in [1.54, 1.807) is 0 Å². The van der Waals surface area contributed by atoms with Crippen molar-refractivity contribution in [2.24, 2.45) is 11.7 Å². The summed E-state index contributed by atoms with van der Waals surface area (Å²) in [6, 6.07) is 2.33. The second-order valence-corrected chi connectivity index (χ2v) is 5.08. The largest absolute Gasteiger partial charge is 0.391 e. The van der Waals surface area contributed by atoms with Gasteiger partial charge in [-0.1, -0.05) is 19.3 Å². The van der Waals surface area contributed by atoms with Gasteiger partial charge in [0, 0.05) is 5.56 Å². The molecule has 2 rings (SSSR count). The minimum Gasteiger partial charge on any atom is -0.391 e. The van der Waals surface area contributed by atoms with Gasteiger partial charge in [0.05, 0.1) is 12.1 Å². The summed E-state index contributed by atoms with van der Waals surface area (Å²) >= 11 is 0. The van der Waals surface area contributed by atoms with Crippen LogP contribution >= 0.6 is 0 Å². The Morgan fingerprint density at radius 2 is 1.83 bits per heavy atom. The average molecular weight is 255 g/mol. The molecular formula is C14H19F2NO. The van der Waals surface area contributed by atoms with Crippen LogP contribution in [0.1, 0.15) is 43.7 Å². The Kier molecular flexibility index (Phi) is 4.30. The Morgan fingerprint density at radius 1 is 1.17 bits per heavy atom. The zero-order valence-electron chi connectivity index (χ0n) is 10.3. The molecule has 0 amide bonds. The highest BCUT2D eigenvalue weighted by atomic mass is 19.1. The van der Waals surface area contributed by atoms with Gasteiger partial charge in [0.15, 0.2) is 0 Å². The smallest absolute Gasteiger partial charge is 0.128 e. The zero-order chi connectivity index (χ0) is 13.1. The molecule has 0 aliphatic heterocycles. The number of benzene rings is 1. The van der Waals surface area contributed by atoms with Gasteiger partial charge in [-0.15, -0.1) is 0 Å². The molecule has 0 unspecified atom stereocenters. The Labute approximate surface area is 106 Å². The normalized spacial score (nSPS) is 20.7. The van der Waals surface area contributed by atoms with Crippen LogP contribution in [0.5, 0.6) is 0 Å². The molecule has 1 aliphatic rings. The molecule has 0 heterocycles. The molecule has 1 aromatic rings. The lowest BCUT2D eigenvalue weighted by Crippen LogP contribution is -2.34. The van der Waals surface area contributed by atoms with E-state index in [1.165, 1.54) is 6.42 Å². The van der Waals surface area contributed by atoms with Crippen molar-refractivity contribution in [1.82, 2.24) is 0 Å². The Balaban J connectivity index is 2.13. The van der Waals surface area contributed by atoms with Crippen molar-refractivity contribution < 1.29 is 13.9 Å². The number of nitrogens with two attached hydrogens (primary N) is 1. The number of hydrogen-bond donors (Lipinski definition) is 2. The van der Waals surface area contributed by atoms with Crippen LogP contribution in [0.3, 0.4) is 0 Å². The van der Waals surface area contributed by atoms with E-state index >= 15 is 0 Å². The van der Waals surface area contributed by atoms with E-state index in [4.69, 9.17) is 5.73 Å². The van der Waals surface area contributed by atoms with E-state index in [0.717, 1.165) is 43.9 Å². The molecule has 100 valence electrons. The Hall–Kier alpha value is -1.00. The summed E-state index contributed by atoms with van der Waals surface area (Å²) in [6.45, 7) is 0. The number of hydrogen-bond acceptors (Lipinski definition) is 2. The van der Waals surface area contributed by atoms with Gasteiger partial charge in [0.1, 0.15) is 11.6 Å². The average Bonchev–Trinajstić information content (AvgIpc) is 2.41. The first-order valence-electron chi connectivity index (χ1n) is 6.48. The third-order valence-electron chi connectivity index (χ3n) is 3.82. The predicted molar refractivity (Wildman–Crippen MR) is 65.9 cm³/mol. The summed E-state index contributed by atoms with van der Waals surface area (Å²) in [7, 11) is 0. The van der Waals surface area contributed by atoms with Gasteiger partial charge in [-0.3, -0.25) is 0 Å². The summed E-state index contributed by atoms with van der Waals surface area (Å²) in [6.07, 6.45) is 4.33. The summed E-state index contributed by atoms with van der Waals surface area (Å²) < 4.78 is 26.7. The van der Waals surface area contributed by atoms with Crippen molar-refractivity contribution in [3.63, 3.8) is 0 Å². The molecule has 18 heavy (non-hydrogen) atoms. The van der Waals surface area contributed by atoms with Crippen molar-refractivity contribution in [2.45, 2.75) is 44.2 Å². The maximum atomic E-state index is 13.6. The van der Waals surface area contributed by atoms with Crippen LogP contribution < -0.4 is 5.73 Å². The second-order valence-electron chi connectivity index (χ2n) is 5.08. The van der Waals surface area contributed by atoms with E-state index < -0.39 is 23.8 Å². The standard InChI is InChI=1S/C14H19F2NO/c15-10-6-7-12(16)11(8-10)13(17)14(18)9-4-2-1-3-5-9/h6-9,13-14,18H,1-5,17H2/t13-,14+/m1/s1. The summed E-state index contributed by atoms with van der Waals surface area (Å²) in [5.74, 6) is -0.993. The van der Waals surface area contributed by atoms with Crippen molar-refractivity contribution in [1.29, 1.82) is 0 Å². The van der Waals surface area contributed by atoms with Crippen LogP contribution in [0.25, 0.3) is 0 Å². The first-order valence-corrected chi connectivity index (χ1v) is 6.48. The molecule has 2 nitrogen and oxygen atoms in total. The molecule has 0 radical (unpaired) electrons. The zero-order valence-corrected chi connectivity index (χ0v) is 10.3. The molecule has 3 N–H and O–H groups in total. The fraction of sp³-hybridized carbons (Fsp3) is 0.571. The molecule has 0 aromatic heterocycles. The van der Waals surface area contributed by atoms with Crippen LogP contribution in [0, 0.1) is 17.6 Å². The number of aliphatic hydroxyl groups is 1. The number of halogens is 2. The highest BCUT2D eigenvalue weighted by Gasteiger charge is 2.29. The lowest BCUT2D eigenvalue weighted by molar-refractivity contribution is 0.0607. The molecule has 1 aromatic carbocycles. The summed E-state index contributed by atoms with van der Waals surface area (Å²) in [4.78, 5) is 0. The molecule has 1 fully saturated rings. The van der Waals surface area contributed by atoms with E-state index in [0.29, 0.717) is 0 Å². The van der Waals surface area contributed by atoms with Crippen molar-refractivity contribution in [3.05, 3.63) is 35.4 Å². The lowest BCUT2D eigenvalue weighted by Gasteiger charge is -2.30. The summed E-state index contributed by atoms with van der Waals surface area (Å²) in [5, 5.41) is 10.2. The van der Waals surface area contributed by atoms with Gasteiger partial charge >= 0.3 is 0 Å². The van der Waals surface area contributed by atoms with Crippen LogP contribution in [-0.2, 0) is 0 Å². The monoisotopic (exact) mass is 255 g/mol. The number of aliphatic hydroxyl groups excluding tert-OH is 1. The van der Waals surface area contributed by atoms with Crippen LogP contribution in [0.15, 0.2) is 18.2 Å². The third-order valence-corrected chi connectivity index (χ3v) is 3.82.